The molecule has 2 rings (SSSR count). The Balaban J connectivity index is 2.06. The predicted octanol–water partition coefficient (Wildman–Crippen LogP) is 3.62. The maximum Gasteiger partial charge on any atom is 0.310 e. The fourth-order valence-electron chi connectivity index (χ4n) is 2.15. The molecule has 0 radical (unpaired) electrons. The van der Waals surface area contributed by atoms with Crippen molar-refractivity contribution in [2.75, 3.05) is 14.2 Å². The second-order valence-corrected chi connectivity index (χ2v) is 5.76. The van der Waals surface area contributed by atoms with Crippen LogP contribution in [0.25, 0.3) is 0 Å². The van der Waals surface area contributed by atoms with E-state index in [2.05, 4.69) is 22.0 Å². The molecule has 0 aliphatic heterocycles. The summed E-state index contributed by atoms with van der Waals surface area (Å²) >= 11 is 3.41. The smallest absolute Gasteiger partial charge is 0.310 e. The lowest BCUT2D eigenvalue weighted by molar-refractivity contribution is -0.144. The minimum absolute atomic E-state index is 0.0630. The van der Waals surface area contributed by atoms with E-state index >= 15 is 0 Å². The number of hydrogen-bond acceptors (Lipinski definition) is 5. The van der Waals surface area contributed by atoms with Gasteiger partial charge >= 0.3 is 5.97 Å². The SMILES string of the molecule is COc1cc(Br)c(CC(=O)OCc2ccccc2C#N)cc1OC. The summed E-state index contributed by atoms with van der Waals surface area (Å²) in [5.74, 6) is 0.721. The Morgan fingerprint density at radius 3 is 2.46 bits per heavy atom. The minimum atomic E-state index is -0.393. The van der Waals surface area contributed by atoms with Crippen LogP contribution in [0.1, 0.15) is 16.7 Å². The minimum Gasteiger partial charge on any atom is -0.493 e. The average molecular weight is 390 g/mol. The standard InChI is InChI=1S/C18H16BrNO4/c1-22-16-7-14(15(19)9-17(16)23-2)8-18(21)24-11-13-6-4-3-5-12(13)10-20/h3-7,9H,8,11H2,1-2H3. The van der Waals surface area contributed by atoms with Crippen molar-refractivity contribution in [1.82, 2.24) is 0 Å². The molecule has 0 aliphatic rings. The van der Waals surface area contributed by atoms with Crippen molar-refractivity contribution < 1.29 is 19.0 Å². The van der Waals surface area contributed by atoms with Gasteiger partial charge in [0, 0.05) is 10.0 Å². The van der Waals surface area contributed by atoms with E-state index in [4.69, 9.17) is 19.5 Å². The van der Waals surface area contributed by atoms with E-state index in [9.17, 15) is 4.79 Å². The largest absolute Gasteiger partial charge is 0.493 e. The summed E-state index contributed by atoms with van der Waals surface area (Å²) in [6.45, 7) is 0.0630. The number of esters is 1. The normalized spacial score (nSPS) is 9.92. The molecular weight excluding hydrogens is 374 g/mol. The van der Waals surface area contributed by atoms with Crippen molar-refractivity contribution >= 4 is 21.9 Å². The van der Waals surface area contributed by atoms with Crippen LogP contribution in [-0.4, -0.2) is 20.2 Å². The highest BCUT2D eigenvalue weighted by Gasteiger charge is 2.14. The second kappa shape index (κ2) is 8.37. The summed E-state index contributed by atoms with van der Waals surface area (Å²) < 4.78 is 16.5. The van der Waals surface area contributed by atoms with E-state index in [1.165, 1.54) is 7.11 Å². The Labute approximate surface area is 148 Å². The Morgan fingerprint density at radius 2 is 1.79 bits per heavy atom. The number of hydrogen-bond donors (Lipinski definition) is 0. The molecule has 24 heavy (non-hydrogen) atoms. The molecule has 0 fully saturated rings. The van der Waals surface area contributed by atoms with E-state index < -0.39 is 5.97 Å². The summed E-state index contributed by atoms with van der Waals surface area (Å²) in [6, 6.07) is 12.6. The van der Waals surface area contributed by atoms with Gasteiger partial charge in [-0.1, -0.05) is 34.1 Å². The molecule has 0 unspecified atom stereocenters. The van der Waals surface area contributed by atoms with Crippen molar-refractivity contribution in [2.45, 2.75) is 13.0 Å². The highest BCUT2D eigenvalue weighted by atomic mass is 79.9. The molecule has 0 amide bonds. The number of rotatable bonds is 6. The van der Waals surface area contributed by atoms with Gasteiger partial charge in [0.15, 0.2) is 11.5 Å². The Hall–Kier alpha value is -2.52. The van der Waals surface area contributed by atoms with E-state index in [-0.39, 0.29) is 13.0 Å². The number of ether oxygens (including phenoxy) is 3. The fraction of sp³-hybridized carbons (Fsp3) is 0.222. The quantitative estimate of drug-likeness (QED) is 0.705. The highest BCUT2D eigenvalue weighted by Crippen LogP contribution is 2.33. The van der Waals surface area contributed by atoms with Crippen LogP contribution in [0, 0.1) is 11.3 Å². The first kappa shape index (κ1) is 17.8. The molecule has 0 saturated heterocycles. The fourth-order valence-corrected chi connectivity index (χ4v) is 2.61. The predicted molar refractivity (Wildman–Crippen MR) is 91.9 cm³/mol. The average Bonchev–Trinajstić information content (AvgIpc) is 2.61. The van der Waals surface area contributed by atoms with Crippen LogP contribution in [0.3, 0.4) is 0 Å². The van der Waals surface area contributed by atoms with Crippen LogP contribution >= 0.6 is 15.9 Å². The first-order valence-corrected chi connectivity index (χ1v) is 7.92. The monoisotopic (exact) mass is 389 g/mol. The Bertz CT molecular complexity index is 783. The topological polar surface area (TPSA) is 68.5 Å². The van der Waals surface area contributed by atoms with Gasteiger partial charge in [-0.25, -0.2) is 0 Å². The zero-order chi connectivity index (χ0) is 17.5. The van der Waals surface area contributed by atoms with Gasteiger partial charge in [-0.15, -0.1) is 0 Å². The highest BCUT2D eigenvalue weighted by molar-refractivity contribution is 9.10. The van der Waals surface area contributed by atoms with E-state index in [1.54, 1.807) is 43.5 Å². The molecule has 0 aliphatic carbocycles. The number of benzene rings is 2. The second-order valence-electron chi connectivity index (χ2n) is 4.91. The summed E-state index contributed by atoms with van der Waals surface area (Å²) in [6.07, 6.45) is 0.0790. The maximum absolute atomic E-state index is 12.1. The molecule has 124 valence electrons. The van der Waals surface area contributed by atoms with Crippen LogP contribution in [0.4, 0.5) is 0 Å². The van der Waals surface area contributed by atoms with Crippen LogP contribution < -0.4 is 9.47 Å². The lowest BCUT2D eigenvalue weighted by Gasteiger charge is -2.12. The van der Waals surface area contributed by atoms with Gasteiger partial charge in [0.25, 0.3) is 0 Å². The Kier molecular flexibility index (Phi) is 6.21. The zero-order valence-corrected chi connectivity index (χ0v) is 14.9. The summed E-state index contributed by atoms with van der Waals surface area (Å²) in [7, 11) is 3.08. The molecule has 2 aromatic carbocycles. The van der Waals surface area contributed by atoms with Crippen molar-refractivity contribution in [1.29, 1.82) is 5.26 Å². The molecule has 6 heteroatoms. The Morgan fingerprint density at radius 1 is 1.12 bits per heavy atom. The van der Waals surface area contributed by atoms with Crippen LogP contribution in [0.15, 0.2) is 40.9 Å². The van der Waals surface area contributed by atoms with E-state index in [1.807, 2.05) is 0 Å². The van der Waals surface area contributed by atoms with Gasteiger partial charge in [0.2, 0.25) is 0 Å². The number of carbonyl (C=O) groups excluding carboxylic acids is 1. The molecule has 2 aromatic rings. The lowest BCUT2D eigenvalue weighted by Crippen LogP contribution is -2.09. The summed E-state index contributed by atoms with van der Waals surface area (Å²) in [4.78, 5) is 12.1. The third-order valence-corrected chi connectivity index (χ3v) is 4.15. The maximum atomic E-state index is 12.1. The first-order chi connectivity index (χ1) is 11.6. The van der Waals surface area contributed by atoms with Crippen molar-refractivity contribution in [3.05, 3.63) is 57.6 Å². The molecule has 0 spiro atoms. The number of methoxy groups -OCH3 is 2. The third-order valence-electron chi connectivity index (χ3n) is 3.41. The molecule has 0 heterocycles. The lowest BCUT2D eigenvalue weighted by atomic mass is 10.1. The van der Waals surface area contributed by atoms with Crippen LogP contribution in [-0.2, 0) is 22.6 Å². The van der Waals surface area contributed by atoms with E-state index in [0.717, 1.165) is 10.0 Å². The number of carbonyl (C=O) groups is 1. The molecule has 0 N–H and O–H groups in total. The molecule has 0 atom stereocenters. The molecule has 5 nitrogen and oxygen atoms in total. The van der Waals surface area contributed by atoms with Gasteiger partial charge < -0.3 is 14.2 Å². The number of halogens is 1. The van der Waals surface area contributed by atoms with Gasteiger partial charge in [0.1, 0.15) is 6.61 Å². The van der Waals surface area contributed by atoms with Gasteiger partial charge in [-0.05, 0) is 23.8 Å². The van der Waals surface area contributed by atoms with Gasteiger partial charge in [-0.3, -0.25) is 4.79 Å². The van der Waals surface area contributed by atoms with Gasteiger partial charge in [0.05, 0.1) is 32.3 Å². The molecule has 0 saturated carbocycles. The molecule has 0 bridgehead atoms. The number of nitriles is 1. The first-order valence-electron chi connectivity index (χ1n) is 7.13. The van der Waals surface area contributed by atoms with Gasteiger partial charge in [-0.2, -0.15) is 5.26 Å². The summed E-state index contributed by atoms with van der Waals surface area (Å²) in [5.41, 5.74) is 1.91. The third kappa shape index (κ3) is 4.27. The van der Waals surface area contributed by atoms with E-state index in [0.29, 0.717) is 22.6 Å². The molecule has 0 aromatic heterocycles. The summed E-state index contributed by atoms with van der Waals surface area (Å²) in [5, 5.41) is 9.04. The van der Waals surface area contributed by atoms with Crippen LogP contribution in [0.2, 0.25) is 0 Å². The molecular formula is C18H16BrNO4. The zero-order valence-electron chi connectivity index (χ0n) is 13.3. The number of nitrogens with zero attached hydrogens (tertiary/aromatic N) is 1. The van der Waals surface area contributed by atoms with Crippen LogP contribution in [0.5, 0.6) is 11.5 Å². The van der Waals surface area contributed by atoms with Crippen molar-refractivity contribution in [2.24, 2.45) is 0 Å². The van der Waals surface area contributed by atoms with Crippen molar-refractivity contribution in [3.63, 3.8) is 0 Å². The van der Waals surface area contributed by atoms with Crippen molar-refractivity contribution in [3.8, 4) is 17.6 Å².